The molecule has 1 saturated carbocycles. The summed E-state index contributed by atoms with van der Waals surface area (Å²) in [5, 5.41) is 12.6. The van der Waals surface area contributed by atoms with E-state index in [9.17, 15) is 9.90 Å². The minimum absolute atomic E-state index is 0.309. The van der Waals surface area contributed by atoms with Crippen molar-refractivity contribution in [2.24, 2.45) is 7.05 Å². The van der Waals surface area contributed by atoms with E-state index in [2.05, 4.69) is 10.3 Å². The fraction of sp³-hybridized carbons (Fsp3) is 0.692. The van der Waals surface area contributed by atoms with Crippen molar-refractivity contribution in [1.82, 2.24) is 14.9 Å². The van der Waals surface area contributed by atoms with Crippen LogP contribution >= 0.6 is 0 Å². The van der Waals surface area contributed by atoms with Crippen molar-refractivity contribution < 1.29 is 9.90 Å². The summed E-state index contributed by atoms with van der Waals surface area (Å²) in [5.41, 5.74) is 0.715. The minimum atomic E-state index is -0.831. The first-order chi connectivity index (χ1) is 8.68. The molecule has 1 aliphatic rings. The number of hydrogen-bond donors (Lipinski definition) is 2. The summed E-state index contributed by atoms with van der Waals surface area (Å²) in [7, 11) is 1.83. The Balaban J connectivity index is 2.06. The second-order valence-electron chi connectivity index (χ2n) is 5.06. The van der Waals surface area contributed by atoms with E-state index in [4.69, 9.17) is 0 Å². The second kappa shape index (κ2) is 6.00. The third-order valence-corrected chi connectivity index (χ3v) is 3.65. The maximum absolute atomic E-state index is 11.4. The summed E-state index contributed by atoms with van der Waals surface area (Å²) < 4.78 is 1.77. The molecule has 0 amide bonds. The number of aromatic nitrogens is 2. The molecular weight excluding hydrogens is 230 g/mol. The molecule has 2 rings (SSSR count). The number of carboxylic acid groups (broad SMARTS) is 1. The minimum Gasteiger partial charge on any atom is -0.480 e. The average Bonchev–Trinajstić information content (AvgIpc) is 2.62. The zero-order chi connectivity index (χ0) is 13.0. The van der Waals surface area contributed by atoms with Crippen LogP contribution in [-0.4, -0.2) is 26.7 Å². The third kappa shape index (κ3) is 3.10. The Kier molecular flexibility index (Phi) is 4.36. The second-order valence-corrected chi connectivity index (χ2v) is 5.06. The first kappa shape index (κ1) is 13.1. The lowest BCUT2D eigenvalue weighted by Crippen LogP contribution is -2.37. The predicted molar refractivity (Wildman–Crippen MR) is 68.2 cm³/mol. The summed E-state index contributed by atoms with van der Waals surface area (Å²) >= 11 is 0. The van der Waals surface area contributed by atoms with Crippen molar-refractivity contribution in [2.45, 2.75) is 50.6 Å². The van der Waals surface area contributed by atoms with Gasteiger partial charge in [-0.1, -0.05) is 25.7 Å². The number of imidazole rings is 1. The van der Waals surface area contributed by atoms with Crippen molar-refractivity contribution in [3.63, 3.8) is 0 Å². The Labute approximate surface area is 107 Å². The number of rotatable bonds is 4. The molecule has 1 aromatic rings. The van der Waals surface area contributed by atoms with Gasteiger partial charge in [0.05, 0.1) is 18.2 Å². The SMILES string of the molecule is Cn1cncc1C(NC1CCCCCC1)C(=O)O. The molecule has 0 saturated heterocycles. The summed E-state index contributed by atoms with van der Waals surface area (Å²) in [6.07, 6.45) is 10.3. The molecule has 1 heterocycles. The molecule has 1 aromatic heterocycles. The molecule has 0 spiro atoms. The molecule has 0 bridgehead atoms. The van der Waals surface area contributed by atoms with Gasteiger partial charge in [-0.05, 0) is 12.8 Å². The van der Waals surface area contributed by atoms with Crippen LogP contribution in [0.2, 0.25) is 0 Å². The fourth-order valence-corrected chi connectivity index (χ4v) is 2.61. The number of aliphatic carboxylic acids is 1. The van der Waals surface area contributed by atoms with E-state index in [1.807, 2.05) is 7.05 Å². The van der Waals surface area contributed by atoms with Gasteiger partial charge in [0.1, 0.15) is 6.04 Å². The maximum atomic E-state index is 11.4. The highest BCUT2D eigenvalue weighted by Crippen LogP contribution is 2.21. The van der Waals surface area contributed by atoms with Crippen LogP contribution in [0.4, 0.5) is 0 Å². The van der Waals surface area contributed by atoms with Crippen LogP contribution in [0.25, 0.3) is 0 Å². The number of carboxylic acids is 1. The zero-order valence-corrected chi connectivity index (χ0v) is 10.8. The van der Waals surface area contributed by atoms with E-state index in [0.717, 1.165) is 12.8 Å². The normalized spacial score (nSPS) is 19.4. The van der Waals surface area contributed by atoms with Crippen molar-refractivity contribution in [1.29, 1.82) is 0 Å². The van der Waals surface area contributed by atoms with Gasteiger partial charge in [0.15, 0.2) is 0 Å². The van der Waals surface area contributed by atoms with Gasteiger partial charge in [0, 0.05) is 13.1 Å². The summed E-state index contributed by atoms with van der Waals surface area (Å²) in [4.78, 5) is 15.4. The molecule has 5 nitrogen and oxygen atoms in total. The van der Waals surface area contributed by atoms with Crippen LogP contribution in [-0.2, 0) is 11.8 Å². The van der Waals surface area contributed by atoms with E-state index in [0.29, 0.717) is 11.7 Å². The number of nitrogens with one attached hydrogen (secondary N) is 1. The molecule has 0 radical (unpaired) electrons. The smallest absolute Gasteiger partial charge is 0.326 e. The largest absolute Gasteiger partial charge is 0.480 e. The monoisotopic (exact) mass is 251 g/mol. The molecule has 2 N–H and O–H groups in total. The summed E-state index contributed by atoms with van der Waals surface area (Å²) in [6.45, 7) is 0. The van der Waals surface area contributed by atoms with Crippen LogP contribution in [0.5, 0.6) is 0 Å². The molecule has 18 heavy (non-hydrogen) atoms. The van der Waals surface area contributed by atoms with Crippen molar-refractivity contribution in [3.8, 4) is 0 Å². The molecule has 0 aromatic carbocycles. The van der Waals surface area contributed by atoms with Gasteiger partial charge in [-0.25, -0.2) is 4.98 Å². The van der Waals surface area contributed by atoms with Crippen LogP contribution < -0.4 is 5.32 Å². The molecule has 100 valence electrons. The van der Waals surface area contributed by atoms with Gasteiger partial charge < -0.3 is 9.67 Å². The first-order valence-electron chi connectivity index (χ1n) is 6.63. The molecule has 5 heteroatoms. The standard InChI is InChI=1S/C13H21N3O2/c1-16-9-14-8-11(16)12(13(17)18)15-10-6-4-2-3-5-7-10/h8-10,12,15H,2-7H2,1H3,(H,17,18). The van der Waals surface area contributed by atoms with Gasteiger partial charge in [0.25, 0.3) is 0 Å². The van der Waals surface area contributed by atoms with Gasteiger partial charge in [-0.3, -0.25) is 10.1 Å². The first-order valence-corrected chi connectivity index (χ1v) is 6.63. The van der Waals surface area contributed by atoms with E-state index < -0.39 is 12.0 Å². The zero-order valence-electron chi connectivity index (χ0n) is 10.8. The topological polar surface area (TPSA) is 67.2 Å². The Morgan fingerprint density at radius 1 is 1.44 bits per heavy atom. The van der Waals surface area contributed by atoms with E-state index in [1.54, 1.807) is 17.1 Å². The van der Waals surface area contributed by atoms with Crippen molar-refractivity contribution in [3.05, 3.63) is 18.2 Å². The fourth-order valence-electron chi connectivity index (χ4n) is 2.61. The Bertz CT molecular complexity index is 395. The number of nitrogens with zero attached hydrogens (tertiary/aromatic N) is 2. The highest BCUT2D eigenvalue weighted by Gasteiger charge is 2.26. The molecule has 1 atom stereocenters. The van der Waals surface area contributed by atoms with E-state index >= 15 is 0 Å². The van der Waals surface area contributed by atoms with Crippen LogP contribution in [0.15, 0.2) is 12.5 Å². The highest BCUT2D eigenvalue weighted by molar-refractivity contribution is 5.74. The van der Waals surface area contributed by atoms with Gasteiger partial charge in [0.2, 0.25) is 0 Å². The molecule has 1 aliphatic carbocycles. The van der Waals surface area contributed by atoms with Crippen LogP contribution in [0, 0.1) is 0 Å². The van der Waals surface area contributed by atoms with Crippen molar-refractivity contribution in [2.75, 3.05) is 0 Å². The summed E-state index contributed by atoms with van der Waals surface area (Å²) in [5.74, 6) is -0.831. The quantitative estimate of drug-likeness (QED) is 0.801. The molecule has 1 fully saturated rings. The third-order valence-electron chi connectivity index (χ3n) is 3.65. The summed E-state index contributed by atoms with van der Waals surface area (Å²) in [6, 6.07) is -0.343. The molecule has 0 aliphatic heterocycles. The van der Waals surface area contributed by atoms with Crippen molar-refractivity contribution >= 4 is 5.97 Å². The van der Waals surface area contributed by atoms with E-state index in [1.165, 1.54) is 25.7 Å². The maximum Gasteiger partial charge on any atom is 0.326 e. The number of hydrogen-bond acceptors (Lipinski definition) is 3. The number of carbonyl (C=O) groups is 1. The lowest BCUT2D eigenvalue weighted by molar-refractivity contribution is -0.140. The lowest BCUT2D eigenvalue weighted by atomic mass is 10.1. The van der Waals surface area contributed by atoms with Gasteiger partial charge in [-0.2, -0.15) is 0 Å². The lowest BCUT2D eigenvalue weighted by Gasteiger charge is -2.22. The number of aryl methyl sites for hydroxylation is 1. The van der Waals surface area contributed by atoms with Crippen LogP contribution in [0.1, 0.15) is 50.3 Å². The van der Waals surface area contributed by atoms with Gasteiger partial charge >= 0.3 is 5.97 Å². The molecule has 1 unspecified atom stereocenters. The molecular formula is C13H21N3O2. The Morgan fingerprint density at radius 2 is 2.11 bits per heavy atom. The van der Waals surface area contributed by atoms with Crippen LogP contribution in [0.3, 0.4) is 0 Å². The Hall–Kier alpha value is -1.36. The predicted octanol–water partition coefficient (Wildman–Crippen LogP) is 1.86. The highest BCUT2D eigenvalue weighted by atomic mass is 16.4. The van der Waals surface area contributed by atoms with Gasteiger partial charge in [-0.15, -0.1) is 0 Å². The Morgan fingerprint density at radius 3 is 2.61 bits per heavy atom. The average molecular weight is 251 g/mol. The van der Waals surface area contributed by atoms with E-state index in [-0.39, 0.29) is 0 Å².